The van der Waals surface area contributed by atoms with Gasteiger partial charge < -0.3 is 9.64 Å². The highest BCUT2D eigenvalue weighted by Crippen LogP contribution is 2.38. The van der Waals surface area contributed by atoms with Crippen LogP contribution in [0.5, 0.6) is 0 Å². The fraction of sp³-hybridized carbons (Fsp3) is 0.441. The number of likely N-dealkylation sites (tertiary alicyclic amines) is 2. The molecule has 2 fully saturated rings. The average molecular weight is 701 g/mol. The largest absolute Gasteiger partial charge is 0.416 e. The Labute approximate surface area is 276 Å². The number of aryl methyl sites for hydroxylation is 1. The van der Waals surface area contributed by atoms with Crippen LogP contribution in [0.15, 0.2) is 77.7 Å². The number of benzene rings is 3. The topological polar surface area (TPSA) is 87.1 Å². The first-order valence-corrected chi connectivity index (χ1v) is 16.9. The monoisotopic (exact) mass is 700 g/mol. The van der Waals surface area contributed by atoms with Crippen LogP contribution in [0.4, 0.5) is 26.3 Å². The lowest BCUT2D eigenvalue weighted by molar-refractivity contribution is -0.143. The number of carbonyl (C=O) groups is 1. The smallest absolute Gasteiger partial charge is 0.376 e. The molecular weight excluding hydrogens is 662 g/mol. The first kappa shape index (κ1) is 37.4. The molecule has 2 aliphatic rings. The highest BCUT2D eigenvalue weighted by molar-refractivity contribution is 7.85. The van der Waals surface area contributed by atoms with Crippen LogP contribution in [0, 0.1) is 6.92 Å². The van der Waals surface area contributed by atoms with E-state index in [-0.39, 0.29) is 35.6 Å². The Balaban J connectivity index is 0.000000401. The summed E-state index contributed by atoms with van der Waals surface area (Å²) >= 11 is 0. The number of hydrogen-bond acceptors (Lipinski definition) is 5. The summed E-state index contributed by atoms with van der Waals surface area (Å²) in [6.45, 7) is 4.82. The third-order valence-electron chi connectivity index (χ3n) is 8.63. The molecule has 3 aromatic carbocycles. The first-order chi connectivity index (χ1) is 22.5. The quantitative estimate of drug-likeness (QED) is 0.199. The van der Waals surface area contributed by atoms with E-state index in [0.717, 1.165) is 37.1 Å². The second-order valence-corrected chi connectivity index (χ2v) is 13.6. The van der Waals surface area contributed by atoms with Crippen molar-refractivity contribution >= 4 is 16.0 Å². The Hall–Kier alpha value is -3.46. The molecule has 14 heteroatoms. The fourth-order valence-corrected chi connectivity index (χ4v) is 6.38. The number of alkyl halides is 6. The molecule has 0 radical (unpaired) electrons. The second-order valence-electron chi connectivity index (χ2n) is 12.2. The van der Waals surface area contributed by atoms with Gasteiger partial charge in [0.25, 0.3) is 10.1 Å². The van der Waals surface area contributed by atoms with Gasteiger partial charge in [-0.05, 0) is 87.2 Å². The summed E-state index contributed by atoms with van der Waals surface area (Å²) in [5.74, 6) is 0.0770. The summed E-state index contributed by atoms with van der Waals surface area (Å²) in [5, 5.41) is 0. The van der Waals surface area contributed by atoms with Gasteiger partial charge >= 0.3 is 12.4 Å². The Morgan fingerprint density at radius 3 is 1.88 bits per heavy atom. The Morgan fingerprint density at radius 1 is 0.833 bits per heavy atom. The highest BCUT2D eigenvalue weighted by Gasteiger charge is 2.39. The Kier molecular flexibility index (Phi) is 12.0. The van der Waals surface area contributed by atoms with E-state index >= 15 is 0 Å². The van der Waals surface area contributed by atoms with Crippen molar-refractivity contribution in [1.82, 2.24) is 9.80 Å². The standard InChI is InChI=1S/C27H30F6N2O2.C7H8O3S/c28-26(29,30)22-14-20(15-23(16-22)27(31,32)33)18-37-19-25(21-6-2-1-3-7-21)8-12-35(13-9-25)24(36)17-34-10-4-5-11-34;1-6-2-4-7(5-3-6)11(8,9)10/h1-3,6-7,14-16H,4-5,8-13,17-19H2;2-5H,1H3,(H,8,9,10). The molecule has 0 saturated carbocycles. The van der Waals surface area contributed by atoms with Gasteiger partial charge in [-0.2, -0.15) is 34.8 Å². The van der Waals surface area contributed by atoms with E-state index in [0.29, 0.717) is 44.6 Å². The van der Waals surface area contributed by atoms with Crippen LogP contribution in [0.1, 0.15) is 53.5 Å². The van der Waals surface area contributed by atoms with Crippen LogP contribution in [-0.4, -0.2) is 68.0 Å². The minimum absolute atomic E-state index is 0.0666. The summed E-state index contributed by atoms with van der Waals surface area (Å²) in [6, 6.07) is 17.0. The third kappa shape index (κ3) is 10.3. The van der Waals surface area contributed by atoms with Crippen molar-refractivity contribution in [2.75, 3.05) is 39.3 Å². The van der Waals surface area contributed by atoms with Crippen LogP contribution >= 0.6 is 0 Å². The van der Waals surface area contributed by atoms with Crippen molar-refractivity contribution in [3.63, 3.8) is 0 Å². The van der Waals surface area contributed by atoms with Crippen LogP contribution in [0.2, 0.25) is 0 Å². The van der Waals surface area contributed by atoms with Crippen molar-refractivity contribution in [2.24, 2.45) is 0 Å². The Morgan fingerprint density at radius 2 is 1.38 bits per heavy atom. The van der Waals surface area contributed by atoms with Crippen LogP contribution in [0.3, 0.4) is 0 Å². The summed E-state index contributed by atoms with van der Waals surface area (Å²) in [7, 11) is -4.02. The molecule has 0 bridgehead atoms. The second kappa shape index (κ2) is 15.4. The van der Waals surface area contributed by atoms with E-state index in [1.165, 1.54) is 12.1 Å². The van der Waals surface area contributed by atoms with Gasteiger partial charge in [-0.3, -0.25) is 14.2 Å². The van der Waals surface area contributed by atoms with E-state index in [2.05, 4.69) is 4.90 Å². The molecule has 2 aliphatic heterocycles. The zero-order valence-electron chi connectivity index (χ0n) is 26.4. The van der Waals surface area contributed by atoms with Gasteiger partial charge in [-0.25, -0.2) is 0 Å². The predicted molar refractivity (Wildman–Crippen MR) is 167 cm³/mol. The zero-order chi connectivity index (χ0) is 35.2. The minimum Gasteiger partial charge on any atom is -0.376 e. The van der Waals surface area contributed by atoms with Gasteiger partial charge in [0.05, 0.1) is 35.8 Å². The van der Waals surface area contributed by atoms with E-state index < -0.39 is 39.0 Å². The molecule has 3 aromatic rings. The lowest BCUT2D eigenvalue weighted by Gasteiger charge is -2.42. The highest BCUT2D eigenvalue weighted by atomic mass is 32.2. The molecule has 48 heavy (non-hydrogen) atoms. The molecule has 1 amide bonds. The minimum atomic E-state index is -4.91. The SMILES string of the molecule is Cc1ccc(S(=O)(=O)O)cc1.O=C(CN1CCCC1)N1CCC(COCc2cc(C(F)(F)F)cc(C(F)(F)F)c2)(c2ccccc2)CC1. The van der Waals surface area contributed by atoms with Gasteiger partial charge in [0, 0.05) is 18.5 Å². The van der Waals surface area contributed by atoms with E-state index in [4.69, 9.17) is 9.29 Å². The van der Waals surface area contributed by atoms with Gasteiger partial charge in [0.2, 0.25) is 5.91 Å². The zero-order valence-corrected chi connectivity index (χ0v) is 27.2. The summed E-state index contributed by atoms with van der Waals surface area (Å²) < 4.78 is 115. The van der Waals surface area contributed by atoms with Crippen molar-refractivity contribution in [1.29, 1.82) is 0 Å². The van der Waals surface area contributed by atoms with Gasteiger partial charge in [-0.1, -0.05) is 48.0 Å². The molecular formula is C34H38F6N2O5S. The average Bonchev–Trinajstić information content (AvgIpc) is 3.54. The summed E-state index contributed by atoms with van der Waals surface area (Å²) in [5.41, 5.74) is -1.48. The van der Waals surface area contributed by atoms with E-state index in [9.17, 15) is 39.6 Å². The van der Waals surface area contributed by atoms with Gasteiger partial charge in [0.15, 0.2) is 0 Å². The molecule has 0 aliphatic carbocycles. The molecule has 0 spiro atoms. The summed E-state index contributed by atoms with van der Waals surface area (Å²) in [4.78, 5) is 16.7. The molecule has 2 heterocycles. The van der Waals surface area contributed by atoms with Crippen LogP contribution in [0.25, 0.3) is 0 Å². The number of halogens is 6. The van der Waals surface area contributed by atoms with Gasteiger partial charge in [0.1, 0.15) is 0 Å². The first-order valence-electron chi connectivity index (χ1n) is 15.4. The maximum atomic E-state index is 13.2. The molecule has 1 N–H and O–H groups in total. The van der Waals surface area contributed by atoms with Crippen molar-refractivity contribution < 1.29 is 48.8 Å². The molecule has 0 aromatic heterocycles. The Bertz CT molecular complexity index is 1580. The number of ether oxygens (including phenoxy) is 1. The van der Waals surface area contributed by atoms with Gasteiger partial charge in [-0.15, -0.1) is 0 Å². The van der Waals surface area contributed by atoms with E-state index in [1.54, 1.807) is 12.1 Å². The fourth-order valence-electron chi connectivity index (χ4n) is 5.90. The van der Waals surface area contributed by atoms with Crippen LogP contribution in [-0.2, 0) is 44.0 Å². The predicted octanol–water partition coefficient (Wildman–Crippen LogP) is 7.14. The van der Waals surface area contributed by atoms with Crippen molar-refractivity contribution in [3.05, 3.63) is 101 Å². The number of piperidine rings is 1. The molecule has 2 saturated heterocycles. The maximum absolute atomic E-state index is 13.2. The van der Waals surface area contributed by atoms with Crippen molar-refractivity contribution in [3.8, 4) is 0 Å². The molecule has 0 atom stereocenters. The normalized spacial score (nSPS) is 17.1. The number of rotatable bonds is 8. The molecule has 262 valence electrons. The molecule has 5 rings (SSSR count). The maximum Gasteiger partial charge on any atom is 0.416 e. The summed E-state index contributed by atoms with van der Waals surface area (Å²) in [6.07, 6.45) is -6.46. The number of amides is 1. The number of carbonyl (C=O) groups excluding carboxylic acids is 1. The lowest BCUT2D eigenvalue weighted by atomic mass is 9.73. The molecule has 7 nitrogen and oxygen atoms in total. The third-order valence-corrected chi connectivity index (χ3v) is 9.50. The van der Waals surface area contributed by atoms with E-state index in [1.807, 2.05) is 42.2 Å². The van der Waals surface area contributed by atoms with Crippen LogP contribution < -0.4 is 0 Å². The molecule has 0 unspecified atom stereocenters. The van der Waals surface area contributed by atoms with Crippen molar-refractivity contribution in [2.45, 2.75) is 61.9 Å². The number of hydrogen-bond donors (Lipinski definition) is 1. The number of nitrogens with zero attached hydrogens (tertiary/aromatic N) is 2. The lowest BCUT2D eigenvalue weighted by Crippen LogP contribution is -2.49.